The van der Waals surface area contributed by atoms with Crippen LogP contribution in [0.2, 0.25) is 0 Å². The lowest BCUT2D eigenvalue weighted by atomic mass is 10.1. The summed E-state index contributed by atoms with van der Waals surface area (Å²) < 4.78 is 5.85. The summed E-state index contributed by atoms with van der Waals surface area (Å²) in [5.74, 6) is 2.86. The summed E-state index contributed by atoms with van der Waals surface area (Å²) in [6.07, 6.45) is 6.44. The molecular weight excluding hydrogens is 272 g/mol. The van der Waals surface area contributed by atoms with Crippen molar-refractivity contribution >= 4 is 17.7 Å². The Hall–Kier alpha value is -1.23. The van der Waals surface area contributed by atoms with E-state index < -0.39 is 0 Å². The number of ether oxygens (including phenoxy) is 1. The lowest BCUT2D eigenvalue weighted by molar-refractivity contribution is 0.0723. The first-order valence-corrected chi connectivity index (χ1v) is 8.48. The third kappa shape index (κ3) is 3.26. The van der Waals surface area contributed by atoms with Crippen molar-refractivity contribution < 1.29 is 9.53 Å². The summed E-state index contributed by atoms with van der Waals surface area (Å²) in [4.78, 5) is 18.6. The van der Waals surface area contributed by atoms with Gasteiger partial charge in [0.1, 0.15) is 6.10 Å². The maximum absolute atomic E-state index is 12.4. The molecule has 2 fully saturated rings. The van der Waals surface area contributed by atoms with Gasteiger partial charge in [0.05, 0.1) is 0 Å². The molecule has 20 heavy (non-hydrogen) atoms. The number of carbonyl (C=O) groups excluding carboxylic acids is 1. The molecule has 0 spiro atoms. The van der Waals surface area contributed by atoms with Gasteiger partial charge in [-0.15, -0.1) is 0 Å². The van der Waals surface area contributed by atoms with Crippen LogP contribution in [0.4, 0.5) is 0 Å². The molecule has 108 valence electrons. The first-order chi connectivity index (χ1) is 9.83. The number of amides is 1. The van der Waals surface area contributed by atoms with Crippen LogP contribution < -0.4 is 4.74 Å². The van der Waals surface area contributed by atoms with E-state index >= 15 is 0 Å². The maximum Gasteiger partial charge on any atom is 0.254 e. The molecule has 4 nitrogen and oxygen atoms in total. The highest BCUT2D eigenvalue weighted by atomic mass is 32.2. The van der Waals surface area contributed by atoms with Gasteiger partial charge >= 0.3 is 0 Å². The number of aromatic nitrogens is 1. The van der Waals surface area contributed by atoms with Crippen LogP contribution in [0, 0.1) is 0 Å². The van der Waals surface area contributed by atoms with E-state index in [1.54, 1.807) is 18.3 Å². The second-order valence-corrected chi connectivity index (χ2v) is 6.49. The highest BCUT2D eigenvalue weighted by molar-refractivity contribution is 7.99. The zero-order chi connectivity index (χ0) is 13.8. The fraction of sp³-hybridized carbons (Fsp3) is 0.600. The molecule has 0 bridgehead atoms. The van der Waals surface area contributed by atoms with Crippen LogP contribution in [-0.2, 0) is 0 Å². The Bertz CT molecular complexity index is 469. The Morgan fingerprint density at radius 2 is 2.20 bits per heavy atom. The minimum atomic E-state index is 0.109. The van der Waals surface area contributed by atoms with Crippen molar-refractivity contribution in [2.24, 2.45) is 0 Å². The van der Waals surface area contributed by atoms with Gasteiger partial charge in [-0.25, -0.2) is 4.98 Å². The molecule has 2 aliphatic heterocycles. The molecule has 3 rings (SSSR count). The number of rotatable bonds is 3. The molecule has 1 unspecified atom stereocenters. The third-order valence-corrected chi connectivity index (χ3v) is 4.93. The largest absolute Gasteiger partial charge is 0.473 e. The van der Waals surface area contributed by atoms with E-state index in [9.17, 15) is 4.79 Å². The molecular formula is C15H20N2O2S. The fourth-order valence-electron chi connectivity index (χ4n) is 2.66. The molecule has 1 aromatic heterocycles. The van der Waals surface area contributed by atoms with Crippen LogP contribution >= 0.6 is 11.8 Å². The highest BCUT2D eigenvalue weighted by Crippen LogP contribution is 2.23. The maximum atomic E-state index is 12.4. The molecule has 0 aliphatic carbocycles. The predicted octanol–water partition coefficient (Wildman–Crippen LogP) is 2.59. The van der Waals surface area contributed by atoms with Crippen LogP contribution in [0.1, 0.15) is 36.0 Å². The smallest absolute Gasteiger partial charge is 0.254 e. The van der Waals surface area contributed by atoms with E-state index in [1.165, 1.54) is 6.42 Å². The Balaban J connectivity index is 1.67. The molecule has 1 atom stereocenters. The SMILES string of the molecule is O=C(c1ccnc(OC2CCSC2)c1)N1CCCCC1. The Kier molecular flexibility index (Phi) is 4.45. The quantitative estimate of drug-likeness (QED) is 0.859. The van der Waals surface area contributed by atoms with Crippen molar-refractivity contribution in [1.29, 1.82) is 0 Å². The highest BCUT2D eigenvalue weighted by Gasteiger charge is 2.21. The van der Waals surface area contributed by atoms with Gasteiger partial charge in [-0.2, -0.15) is 11.8 Å². The van der Waals surface area contributed by atoms with Gasteiger partial charge in [0.15, 0.2) is 0 Å². The number of nitrogens with zero attached hydrogens (tertiary/aromatic N) is 2. The third-order valence-electron chi connectivity index (χ3n) is 3.80. The normalized spacial score (nSPS) is 22.8. The number of pyridine rings is 1. The van der Waals surface area contributed by atoms with Gasteiger partial charge in [-0.1, -0.05) is 0 Å². The van der Waals surface area contributed by atoms with Gasteiger partial charge in [0, 0.05) is 36.7 Å². The summed E-state index contributed by atoms with van der Waals surface area (Å²) >= 11 is 1.91. The molecule has 0 radical (unpaired) electrons. The molecule has 0 saturated carbocycles. The molecule has 3 heterocycles. The first kappa shape index (κ1) is 13.7. The monoisotopic (exact) mass is 292 g/mol. The average Bonchev–Trinajstić information content (AvgIpc) is 3.01. The zero-order valence-electron chi connectivity index (χ0n) is 11.6. The molecule has 1 aromatic rings. The van der Waals surface area contributed by atoms with Crippen molar-refractivity contribution in [3.63, 3.8) is 0 Å². The molecule has 0 N–H and O–H groups in total. The van der Waals surface area contributed by atoms with E-state index in [-0.39, 0.29) is 12.0 Å². The van der Waals surface area contributed by atoms with Gasteiger partial charge in [-0.05, 0) is 37.5 Å². The second kappa shape index (κ2) is 6.48. The van der Waals surface area contributed by atoms with Crippen molar-refractivity contribution in [3.8, 4) is 5.88 Å². The van der Waals surface area contributed by atoms with Crippen molar-refractivity contribution in [2.75, 3.05) is 24.6 Å². The standard InChI is InChI=1S/C15H20N2O2S/c18-15(17-7-2-1-3-8-17)12-4-6-16-14(10-12)19-13-5-9-20-11-13/h4,6,10,13H,1-3,5,7-9,11H2. The van der Waals surface area contributed by atoms with Crippen LogP contribution in [0.5, 0.6) is 5.88 Å². The van der Waals surface area contributed by atoms with E-state index in [1.807, 2.05) is 16.7 Å². The van der Waals surface area contributed by atoms with Crippen molar-refractivity contribution in [2.45, 2.75) is 31.8 Å². The predicted molar refractivity (Wildman–Crippen MR) is 80.3 cm³/mol. The number of likely N-dealkylation sites (tertiary alicyclic amines) is 1. The Morgan fingerprint density at radius 1 is 1.35 bits per heavy atom. The minimum absolute atomic E-state index is 0.109. The summed E-state index contributed by atoms with van der Waals surface area (Å²) in [7, 11) is 0. The second-order valence-electron chi connectivity index (χ2n) is 5.34. The first-order valence-electron chi connectivity index (χ1n) is 7.33. The van der Waals surface area contributed by atoms with Gasteiger partial charge in [-0.3, -0.25) is 4.79 Å². The molecule has 2 saturated heterocycles. The van der Waals surface area contributed by atoms with E-state index in [0.29, 0.717) is 11.4 Å². The van der Waals surface area contributed by atoms with E-state index in [4.69, 9.17) is 4.74 Å². The molecule has 2 aliphatic rings. The minimum Gasteiger partial charge on any atom is -0.473 e. The molecule has 1 amide bonds. The molecule has 0 aromatic carbocycles. The number of thioether (sulfide) groups is 1. The molecule has 5 heteroatoms. The van der Waals surface area contributed by atoms with E-state index in [2.05, 4.69) is 4.98 Å². The number of piperidine rings is 1. The summed E-state index contributed by atoms with van der Waals surface area (Å²) in [5, 5.41) is 0. The topological polar surface area (TPSA) is 42.4 Å². The van der Waals surface area contributed by atoms with Crippen LogP contribution in [-0.4, -0.2) is 46.5 Å². The van der Waals surface area contributed by atoms with Crippen LogP contribution in [0.15, 0.2) is 18.3 Å². The number of hydrogen-bond acceptors (Lipinski definition) is 4. The van der Waals surface area contributed by atoms with Crippen molar-refractivity contribution in [1.82, 2.24) is 9.88 Å². The van der Waals surface area contributed by atoms with Gasteiger partial charge in [0.2, 0.25) is 5.88 Å². The lowest BCUT2D eigenvalue weighted by Gasteiger charge is -2.26. The lowest BCUT2D eigenvalue weighted by Crippen LogP contribution is -2.35. The summed E-state index contributed by atoms with van der Waals surface area (Å²) in [6.45, 7) is 1.74. The number of carbonyl (C=O) groups is 1. The Morgan fingerprint density at radius 3 is 2.95 bits per heavy atom. The average molecular weight is 292 g/mol. The van der Waals surface area contributed by atoms with Gasteiger partial charge in [0.25, 0.3) is 5.91 Å². The van der Waals surface area contributed by atoms with Crippen LogP contribution in [0.3, 0.4) is 0 Å². The summed E-state index contributed by atoms with van der Waals surface area (Å²) in [6, 6.07) is 3.58. The van der Waals surface area contributed by atoms with Crippen LogP contribution in [0.25, 0.3) is 0 Å². The zero-order valence-corrected chi connectivity index (χ0v) is 12.4. The fourth-order valence-corrected chi connectivity index (χ4v) is 3.76. The van der Waals surface area contributed by atoms with E-state index in [0.717, 1.165) is 43.9 Å². The Labute approximate surface area is 123 Å². The number of hydrogen-bond donors (Lipinski definition) is 0. The van der Waals surface area contributed by atoms with Gasteiger partial charge < -0.3 is 9.64 Å². The van der Waals surface area contributed by atoms with Crippen molar-refractivity contribution in [3.05, 3.63) is 23.9 Å². The summed E-state index contributed by atoms with van der Waals surface area (Å²) in [5.41, 5.74) is 0.697.